The van der Waals surface area contributed by atoms with Crippen LogP contribution in [0.1, 0.15) is 31.7 Å². The standard InChI is InChI=1S/C10H12N2O2/c13-9-4-1-3-8(7-9)12-10(14)5-2-6-11-12/h2,5-6,8H,1,3-4,7H2. The van der Waals surface area contributed by atoms with Gasteiger partial charge in [0.1, 0.15) is 5.78 Å². The lowest BCUT2D eigenvalue weighted by molar-refractivity contribution is -0.121. The molecule has 74 valence electrons. The van der Waals surface area contributed by atoms with Gasteiger partial charge in [-0.3, -0.25) is 9.59 Å². The Balaban J connectivity index is 2.26. The van der Waals surface area contributed by atoms with Crippen molar-refractivity contribution in [3.63, 3.8) is 0 Å². The average Bonchev–Trinajstić information content (AvgIpc) is 2.18. The molecule has 1 fully saturated rings. The number of rotatable bonds is 1. The quantitative estimate of drug-likeness (QED) is 0.665. The normalized spacial score (nSPS) is 22.3. The molecule has 1 saturated carbocycles. The number of aromatic nitrogens is 2. The van der Waals surface area contributed by atoms with Gasteiger partial charge in [-0.15, -0.1) is 0 Å². The van der Waals surface area contributed by atoms with Crippen molar-refractivity contribution in [3.8, 4) is 0 Å². The maximum absolute atomic E-state index is 11.4. The van der Waals surface area contributed by atoms with Gasteiger partial charge in [0.05, 0.1) is 6.04 Å². The number of hydrogen-bond acceptors (Lipinski definition) is 3. The Labute approximate surface area is 81.6 Å². The summed E-state index contributed by atoms with van der Waals surface area (Å²) in [4.78, 5) is 22.6. The van der Waals surface area contributed by atoms with E-state index in [2.05, 4.69) is 5.10 Å². The van der Waals surface area contributed by atoms with E-state index in [9.17, 15) is 9.59 Å². The third kappa shape index (κ3) is 1.73. The van der Waals surface area contributed by atoms with Crippen LogP contribution >= 0.6 is 0 Å². The van der Waals surface area contributed by atoms with E-state index in [0.717, 1.165) is 12.8 Å². The smallest absolute Gasteiger partial charge is 0.266 e. The fourth-order valence-corrected chi connectivity index (χ4v) is 1.85. The van der Waals surface area contributed by atoms with Gasteiger partial charge in [0, 0.05) is 25.1 Å². The molecule has 1 aliphatic rings. The third-order valence-corrected chi connectivity index (χ3v) is 2.54. The van der Waals surface area contributed by atoms with Gasteiger partial charge in [0.2, 0.25) is 0 Å². The minimum Gasteiger partial charge on any atom is -0.300 e. The molecule has 0 radical (unpaired) electrons. The molecule has 0 aliphatic heterocycles. The predicted octanol–water partition coefficient (Wildman–Crippen LogP) is 0.927. The molecule has 1 aromatic rings. The van der Waals surface area contributed by atoms with Crippen molar-refractivity contribution < 1.29 is 4.79 Å². The molecular weight excluding hydrogens is 180 g/mol. The van der Waals surface area contributed by atoms with Crippen LogP contribution in [0.5, 0.6) is 0 Å². The lowest BCUT2D eigenvalue weighted by Gasteiger charge is -2.21. The highest BCUT2D eigenvalue weighted by Crippen LogP contribution is 2.23. The molecule has 1 heterocycles. The van der Waals surface area contributed by atoms with Crippen molar-refractivity contribution >= 4 is 5.78 Å². The van der Waals surface area contributed by atoms with Crippen molar-refractivity contribution in [2.75, 3.05) is 0 Å². The van der Waals surface area contributed by atoms with E-state index in [-0.39, 0.29) is 17.4 Å². The molecule has 0 aromatic carbocycles. The zero-order valence-corrected chi connectivity index (χ0v) is 7.85. The van der Waals surface area contributed by atoms with E-state index in [1.807, 2.05) is 0 Å². The Bertz CT molecular complexity index is 397. The molecule has 1 atom stereocenters. The molecule has 0 saturated heterocycles. The van der Waals surface area contributed by atoms with Gasteiger partial charge in [0.15, 0.2) is 0 Å². The summed E-state index contributed by atoms with van der Waals surface area (Å²) in [5.41, 5.74) is -0.118. The number of nitrogens with zero attached hydrogens (tertiary/aromatic N) is 2. The van der Waals surface area contributed by atoms with Crippen LogP contribution in [0.25, 0.3) is 0 Å². The minimum absolute atomic E-state index is 0.0232. The van der Waals surface area contributed by atoms with Crippen molar-refractivity contribution in [3.05, 3.63) is 28.7 Å². The van der Waals surface area contributed by atoms with Gasteiger partial charge in [-0.1, -0.05) is 0 Å². The lowest BCUT2D eigenvalue weighted by Crippen LogP contribution is -2.29. The van der Waals surface area contributed by atoms with Crippen molar-refractivity contribution in [1.82, 2.24) is 9.78 Å². The Morgan fingerprint density at radius 2 is 2.29 bits per heavy atom. The first-order valence-electron chi connectivity index (χ1n) is 4.83. The van der Waals surface area contributed by atoms with Crippen molar-refractivity contribution in [1.29, 1.82) is 0 Å². The first kappa shape index (κ1) is 9.12. The molecule has 1 aromatic heterocycles. The summed E-state index contributed by atoms with van der Waals surface area (Å²) < 4.78 is 1.43. The fraction of sp³-hybridized carbons (Fsp3) is 0.500. The van der Waals surface area contributed by atoms with Crippen LogP contribution in [0.15, 0.2) is 23.1 Å². The molecule has 0 N–H and O–H groups in total. The summed E-state index contributed by atoms with van der Waals surface area (Å²) in [6, 6.07) is 3.07. The monoisotopic (exact) mass is 192 g/mol. The van der Waals surface area contributed by atoms with Gasteiger partial charge in [0.25, 0.3) is 5.56 Å². The lowest BCUT2D eigenvalue weighted by atomic mass is 9.94. The van der Waals surface area contributed by atoms with Crippen molar-refractivity contribution in [2.45, 2.75) is 31.7 Å². The van der Waals surface area contributed by atoms with Gasteiger partial charge in [-0.2, -0.15) is 5.10 Å². The molecule has 14 heavy (non-hydrogen) atoms. The molecule has 0 amide bonds. The minimum atomic E-state index is -0.118. The van der Waals surface area contributed by atoms with Crippen molar-refractivity contribution in [2.24, 2.45) is 0 Å². The molecule has 4 nitrogen and oxygen atoms in total. The Hall–Kier alpha value is -1.45. The van der Waals surface area contributed by atoms with Gasteiger partial charge in [-0.25, -0.2) is 4.68 Å². The molecule has 2 rings (SSSR count). The van der Waals surface area contributed by atoms with Crippen LogP contribution in [0.2, 0.25) is 0 Å². The second kappa shape index (κ2) is 3.74. The first-order valence-corrected chi connectivity index (χ1v) is 4.83. The molecule has 4 heteroatoms. The molecule has 0 spiro atoms. The van der Waals surface area contributed by atoms with Gasteiger partial charge in [-0.05, 0) is 18.9 Å². The summed E-state index contributed by atoms with van der Waals surface area (Å²) in [7, 11) is 0. The van der Waals surface area contributed by atoms with Gasteiger partial charge >= 0.3 is 0 Å². The van der Waals surface area contributed by atoms with E-state index in [0.29, 0.717) is 12.8 Å². The summed E-state index contributed by atoms with van der Waals surface area (Å²) in [5, 5.41) is 3.99. The SMILES string of the molecule is O=C1CCCC(n2ncccc2=O)C1. The van der Waals surface area contributed by atoms with Crippen LogP contribution in [-0.2, 0) is 4.79 Å². The molecule has 0 bridgehead atoms. The Kier molecular flexibility index (Phi) is 2.43. The largest absolute Gasteiger partial charge is 0.300 e. The highest BCUT2D eigenvalue weighted by atomic mass is 16.1. The van der Waals surface area contributed by atoms with Crippen LogP contribution in [0.3, 0.4) is 0 Å². The summed E-state index contributed by atoms with van der Waals surface area (Å²) in [5.74, 6) is 0.235. The highest BCUT2D eigenvalue weighted by molar-refractivity contribution is 5.79. The number of ketones is 1. The third-order valence-electron chi connectivity index (χ3n) is 2.54. The van der Waals surface area contributed by atoms with Crippen LogP contribution in [-0.4, -0.2) is 15.6 Å². The topological polar surface area (TPSA) is 52.0 Å². The van der Waals surface area contributed by atoms with E-state index in [4.69, 9.17) is 0 Å². The number of carbonyl (C=O) groups is 1. The van der Waals surface area contributed by atoms with Crippen LogP contribution in [0, 0.1) is 0 Å². The van der Waals surface area contributed by atoms with E-state index in [1.54, 1.807) is 12.3 Å². The zero-order valence-electron chi connectivity index (χ0n) is 7.85. The van der Waals surface area contributed by atoms with E-state index >= 15 is 0 Å². The number of carbonyl (C=O) groups excluding carboxylic acids is 1. The Morgan fingerprint density at radius 1 is 1.43 bits per heavy atom. The second-order valence-electron chi connectivity index (χ2n) is 3.60. The van der Waals surface area contributed by atoms with E-state index in [1.165, 1.54) is 10.7 Å². The highest BCUT2D eigenvalue weighted by Gasteiger charge is 2.21. The number of hydrogen-bond donors (Lipinski definition) is 0. The molecule has 1 aliphatic carbocycles. The predicted molar refractivity (Wildman–Crippen MR) is 51.0 cm³/mol. The second-order valence-corrected chi connectivity index (χ2v) is 3.60. The molecular formula is C10H12N2O2. The molecule has 1 unspecified atom stereocenters. The Morgan fingerprint density at radius 3 is 3.00 bits per heavy atom. The summed E-state index contributed by atoms with van der Waals surface area (Å²) in [6.45, 7) is 0. The summed E-state index contributed by atoms with van der Waals surface area (Å²) >= 11 is 0. The maximum Gasteiger partial charge on any atom is 0.266 e. The summed E-state index contributed by atoms with van der Waals surface area (Å²) in [6.07, 6.45) is 4.44. The average molecular weight is 192 g/mol. The van der Waals surface area contributed by atoms with E-state index < -0.39 is 0 Å². The first-order chi connectivity index (χ1) is 6.77. The van der Waals surface area contributed by atoms with Crippen LogP contribution < -0.4 is 5.56 Å². The van der Waals surface area contributed by atoms with Crippen LogP contribution in [0.4, 0.5) is 0 Å². The van der Waals surface area contributed by atoms with Gasteiger partial charge < -0.3 is 0 Å². The maximum atomic E-state index is 11.4. The zero-order chi connectivity index (χ0) is 9.97. The fourth-order valence-electron chi connectivity index (χ4n) is 1.85. The number of Topliss-reactive ketones (excluding diaryl/α,β-unsaturated/α-hetero) is 1.